The highest BCUT2D eigenvalue weighted by atomic mass is 28.4. The second-order valence-electron chi connectivity index (χ2n) is 10.4. The van der Waals surface area contributed by atoms with Crippen molar-refractivity contribution in [3.63, 3.8) is 0 Å². The largest absolute Gasteiger partial charge is 0.411 e. The van der Waals surface area contributed by atoms with Crippen molar-refractivity contribution in [1.29, 1.82) is 0 Å². The Hall–Kier alpha value is -0.123. The van der Waals surface area contributed by atoms with Crippen LogP contribution < -0.4 is 0 Å². The van der Waals surface area contributed by atoms with Crippen molar-refractivity contribution < 1.29 is 9.53 Å². The average molecular weight is 353 g/mol. The van der Waals surface area contributed by atoms with E-state index in [1.54, 1.807) is 0 Å². The molecule has 2 aliphatic carbocycles. The third-order valence-electron chi connectivity index (χ3n) is 7.27. The summed E-state index contributed by atoms with van der Waals surface area (Å²) in [5, 5.41) is 11.8. The third-order valence-corrected chi connectivity index (χ3v) is 11.8. The summed E-state index contributed by atoms with van der Waals surface area (Å²) in [7, 11) is -1.92. The lowest BCUT2D eigenvalue weighted by molar-refractivity contribution is -0.0978. The molecular formula is C21H40O2Si. The van der Waals surface area contributed by atoms with Gasteiger partial charge in [0.15, 0.2) is 8.32 Å². The molecule has 2 rings (SSSR count). The van der Waals surface area contributed by atoms with Gasteiger partial charge in [-0.25, -0.2) is 0 Å². The number of aliphatic hydroxyl groups is 1. The van der Waals surface area contributed by atoms with E-state index in [0.717, 1.165) is 12.8 Å². The van der Waals surface area contributed by atoms with Gasteiger partial charge in [0.05, 0.1) is 11.7 Å². The zero-order valence-electron chi connectivity index (χ0n) is 17.4. The van der Waals surface area contributed by atoms with Crippen LogP contribution >= 0.6 is 0 Å². The van der Waals surface area contributed by atoms with Crippen molar-refractivity contribution in [2.75, 3.05) is 0 Å². The van der Waals surface area contributed by atoms with Gasteiger partial charge in [0.1, 0.15) is 0 Å². The van der Waals surface area contributed by atoms with Gasteiger partial charge < -0.3 is 9.53 Å². The molecule has 0 aromatic carbocycles. The predicted molar refractivity (Wildman–Crippen MR) is 106 cm³/mol. The highest BCUT2D eigenvalue weighted by Crippen LogP contribution is 2.50. The maximum absolute atomic E-state index is 11.6. The summed E-state index contributed by atoms with van der Waals surface area (Å²) in [4.78, 5) is 0. The normalized spacial score (nSPS) is 38.0. The van der Waals surface area contributed by atoms with E-state index in [0.29, 0.717) is 23.7 Å². The van der Waals surface area contributed by atoms with Crippen LogP contribution in [0.4, 0.5) is 0 Å². The van der Waals surface area contributed by atoms with E-state index in [-0.39, 0.29) is 11.1 Å². The van der Waals surface area contributed by atoms with Crippen LogP contribution in [0, 0.1) is 23.7 Å². The van der Waals surface area contributed by atoms with Crippen molar-refractivity contribution in [2.24, 2.45) is 23.7 Å². The van der Waals surface area contributed by atoms with Crippen LogP contribution in [0.25, 0.3) is 0 Å². The van der Waals surface area contributed by atoms with Crippen molar-refractivity contribution in [1.82, 2.24) is 0 Å². The Kier molecular flexibility index (Phi) is 5.51. The van der Waals surface area contributed by atoms with E-state index in [4.69, 9.17) is 4.43 Å². The molecule has 2 nitrogen and oxygen atoms in total. The lowest BCUT2D eigenvalue weighted by atomic mass is 9.77. The number of fused-ring (bicyclic) bond motifs is 1. The summed E-state index contributed by atoms with van der Waals surface area (Å²) in [6, 6.07) is 0. The van der Waals surface area contributed by atoms with Gasteiger partial charge in [0.2, 0.25) is 0 Å². The van der Waals surface area contributed by atoms with E-state index in [1.165, 1.54) is 12.0 Å². The minimum atomic E-state index is -1.92. The molecule has 1 unspecified atom stereocenters. The van der Waals surface area contributed by atoms with E-state index in [2.05, 4.69) is 67.6 Å². The fraction of sp³-hybridized carbons (Fsp3) is 0.905. The van der Waals surface area contributed by atoms with E-state index in [9.17, 15) is 5.11 Å². The summed E-state index contributed by atoms with van der Waals surface area (Å²) in [5.41, 5.74) is 0.748. The molecule has 0 heterocycles. The highest BCUT2D eigenvalue weighted by Gasteiger charge is 2.52. The fourth-order valence-corrected chi connectivity index (χ4v) is 5.67. The molecule has 5 atom stereocenters. The first-order valence-electron chi connectivity index (χ1n) is 9.88. The lowest BCUT2D eigenvalue weighted by Gasteiger charge is -2.46. The molecule has 0 aromatic heterocycles. The molecule has 0 aliphatic heterocycles. The Morgan fingerprint density at radius 1 is 1.25 bits per heavy atom. The summed E-state index contributed by atoms with van der Waals surface area (Å²) in [5.74, 6) is 2.03. The molecule has 0 amide bonds. The fourth-order valence-electron chi connectivity index (χ4n) is 4.28. The van der Waals surface area contributed by atoms with Crippen LogP contribution in [-0.4, -0.2) is 25.1 Å². The second kappa shape index (κ2) is 6.55. The second-order valence-corrected chi connectivity index (χ2v) is 15.2. The topological polar surface area (TPSA) is 29.5 Å². The molecule has 0 bridgehead atoms. The van der Waals surface area contributed by atoms with Gasteiger partial charge in [-0.3, -0.25) is 0 Å². The monoisotopic (exact) mass is 352 g/mol. The molecule has 0 saturated heterocycles. The third kappa shape index (κ3) is 3.68. The molecule has 140 valence electrons. The van der Waals surface area contributed by atoms with Crippen LogP contribution in [-0.2, 0) is 4.43 Å². The van der Waals surface area contributed by atoms with E-state index >= 15 is 0 Å². The van der Waals surface area contributed by atoms with Crippen LogP contribution in [0.15, 0.2) is 11.6 Å². The molecule has 24 heavy (non-hydrogen) atoms. The summed E-state index contributed by atoms with van der Waals surface area (Å²) in [6.07, 6.45) is 5.67. The Bertz CT molecular complexity index is 485. The van der Waals surface area contributed by atoms with Gasteiger partial charge in [-0.1, -0.05) is 53.2 Å². The first-order chi connectivity index (χ1) is 10.8. The number of allylic oxidation sites excluding steroid dienone is 1. The summed E-state index contributed by atoms with van der Waals surface area (Å²) < 4.78 is 6.81. The quantitative estimate of drug-likeness (QED) is 0.515. The summed E-state index contributed by atoms with van der Waals surface area (Å²) in [6.45, 7) is 20.4. The van der Waals surface area contributed by atoms with Crippen LogP contribution in [0.2, 0.25) is 18.1 Å². The Balaban J connectivity index is 2.39. The molecule has 1 fully saturated rings. The number of hydrogen-bond donors (Lipinski definition) is 1. The van der Waals surface area contributed by atoms with E-state index in [1.807, 2.05) is 0 Å². The van der Waals surface area contributed by atoms with E-state index < -0.39 is 13.9 Å². The van der Waals surface area contributed by atoms with Crippen LogP contribution in [0.5, 0.6) is 0 Å². The van der Waals surface area contributed by atoms with Gasteiger partial charge >= 0.3 is 0 Å². The molecule has 3 heteroatoms. The molecule has 0 radical (unpaired) electrons. The van der Waals surface area contributed by atoms with Crippen molar-refractivity contribution >= 4 is 8.32 Å². The molecule has 0 spiro atoms. The lowest BCUT2D eigenvalue weighted by Crippen LogP contribution is -2.54. The number of hydrogen-bond acceptors (Lipinski definition) is 2. The van der Waals surface area contributed by atoms with Gasteiger partial charge in [-0.15, -0.1) is 0 Å². The molecule has 2 aliphatic rings. The van der Waals surface area contributed by atoms with Gasteiger partial charge in [0, 0.05) is 0 Å². The van der Waals surface area contributed by atoms with Crippen LogP contribution in [0.3, 0.4) is 0 Å². The zero-order valence-corrected chi connectivity index (χ0v) is 18.4. The number of rotatable bonds is 3. The Morgan fingerprint density at radius 2 is 1.83 bits per heavy atom. The first-order valence-corrected chi connectivity index (χ1v) is 12.8. The van der Waals surface area contributed by atoms with Gasteiger partial charge in [-0.05, 0) is 68.0 Å². The first kappa shape index (κ1) is 20.2. The SMILES string of the molecule is CC(C)C1=C[C@@H]2[C@H](C)CC[C@H]2C(C)(O)[C@H](O[Si](C)(C)C(C)(C)C)C1. The minimum Gasteiger partial charge on any atom is -0.411 e. The Morgan fingerprint density at radius 3 is 2.33 bits per heavy atom. The summed E-state index contributed by atoms with van der Waals surface area (Å²) >= 11 is 0. The average Bonchev–Trinajstić information content (AvgIpc) is 2.72. The molecule has 1 N–H and O–H groups in total. The minimum absolute atomic E-state index is 0.0765. The van der Waals surface area contributed by atoms with Crippen molar-refractivity contribution in [3.8, 4) is 0 Å². The Labute approximate surface area is 151 Å². The standard InChI is InChI=1S/C21H40O2Si/c1-14(2)16-12-17-15(3)10-11-18(17)21(7,22)19(13-16)23-24(8,9)20(4,5)6/h12,14-15,17-19,22H,10-11,13H2,1-9H3/t15-,17-,18-,19-,21?/m1/s1. The predicted octanol–water partition coefficient (Wildman–Crippen LogP) is 5.78. The molecule has 0 aromatic rings. The van der Waals surface area contributed by atoms with Gasteiger partial charge in [0.25, 0.3) is 0 Å². The molecular weight excluding hydrogens is 312 g/mol. The molecule has 1 saturated carbocycles. The highest BCUT2D eigenvalue weighted by molar-refractivity contribution is 6.74. The maximum Gasteiger partial charge on any atom is 0.192 e. The maximum atomic E-state index is 11.6. The van der Waals surface area contributed by atoms with Crippen molar-refractivity contribution in [3.05, 3.63) is 11.6 Å². The zero-order chi connectivity index (χ0) is 18.5. The van der Waals surface area contributed by atoms with Crippen LogP contribution in [0.1, 0.15) is 67.7 Å². The smallest absolute Gasteiger partial charge is 0.192 e. The van der Waals surface area contributed by atoms with Gasteiger partial charge in [-0.2, -0.15) is 0 Å². The van der Waals surface area contributed by atoms with Crippen molar-refractivity contribution in [2.45, 2.75) is 97.6 Å².